The van der Waals surface area contributed by atoms with Crippen LogP contribution < -0.4 is 20.8 Å². The molecular weight excluding hydrogens is 483 g/mol. The first-order valence-corrected chi connectivity index (χ1v) is 10.9. The molecule has 0 spiro atoms. The number of aromatic nitrogens is 4. The summed E-state index contributed by atoms with van der Waals surface area (Å²) in [5, 5.41) is 11.5. The van der Waals surface area contributed by atoms with Crippen LogP contribution in [0.25, 0.3) is 10.9 Å². The maximum absolute atomic E-state index is 12.7. The third-order valence-electron chi connectivity index (χ3n) is 5.53. The number of rotatable bonds is 4. The average molecular weight is 503 g/mol. The lowest BCUT2D eigenvalue weighted by molar-refractivity contribution is -0.125. The molecule has 0 aliphatic carbocycles. The first-order chi connectivity index (χ1) is 16.3. The van der Waals surface area contributed by atoms with E-state index in [0.29, 0.717) is 36.4 Å². The number of hydrogen-bond donors (Lipinski definition) is 2. The van der Waals surface area contributed by atoms with Crippen LogP contribution in [-0.2, 0) is 4.79 Å². The second-order valence-corrected chi connectivity index (χ2v) is 8.18. The second kappa shape index (κ2) is 9.29. The van der Waals surface area contributed by atoms with Gasteiger partial charge in [0.2, 0.25) is 5.91 Å². The molecule has 3 heterocycles. The molecule has 2 aromatic heterocycles. The van der Waals surface area contributed by atoms with Crippen LogP contribution in [0.2, 0.25) is 10.0 Å². The summed E-state index contributed by atoms with van der Waals surface area (Å²) in [5.41, 5.74) is 6.31. The summed E-state index contributed by atoms with van der Waals surface area (Å²) < 4.78 is 12.1. The zero-order valence-electron chi connectivity index (χ0n) is 18.3. The Morgan fingerprint density at radius 3 is 2.59 bits per heavy atom. The van der Waals surface area contributed by atoms with Crippen molar-refractivity contribution < 1.29 is 14.3 Å². The number of anilines is 1. The van der Waals surface area contributed by atoms with Gasteiger partial charge in [-0.15, -0.1) is 0 Å². The number of hydrogen-bond acceptors (Lipinski definition) is 7. The fraction of sp³-hybridized carbons (Fsp3) is 0.273. The highest BCUT2D eigenvalue weighted by Crippen LogP contribution is 2.40. The minimum Gasteiger partial charge on any atom is -0.495 e. The maximum Gasteiger partial charge on any atom is 0.290 e. The van der Waals surface area contributed by atoms with Crippen molar-refractivity contribution in [2.45, 2.75) is 12.5 Å². The third kappa shape index (κ3) is 3.93. The van der Waals surface area contributed by atoms with E-state index >= 15 is 0 Å². The Bertz CT molecular complexity index is 1410. The van der Waals surface area contributed by atoms with E-state index in [0.717, 1.165) is 0 Å². The van der Waals surface area contributed by atoms with Gasteiger partial charge in [-0.25, -0.2) is 5.10 Å². The molecule has 0 bridgehead atoms. The number of benzene rings is 1. The van der Waals surface area contributed by atoms with Crippen molar-refractivity contribution in [1.82, 2.24) is 24.9 Å². The lowest BCUT2D eigenvalue weighted by Crippen LogP contribution is -2.27. The molecule has 12 heteroatoms. The molecule has 1 fully saturated rings. The summed E-state index contributed by atoms with van der Waals surface area (Å²) >= 11 is 12.8. The first kappa shape index (κ1) is 23.5. The molecule has 1 unspecified atom stereocenters. The van der Waals surface area contributed by atoms with Crippen molar-refractivity contribution >= 4 is 45.8 Å². The van der Waals surface area contributed by atoms with E-state index in [1.807, 2.05) is 0 Å². The van der Waals surface area contributed by atoms with Gasteiger partial charge in [0.15, 0.2) is 5.82 Å². The van der Waals surface area contributed by atoms with Gasteiger partial charge in [-0.1, -0.05) is 35.7 Å². The quantitative estimate of drug-likeness (QED) is 0.413. The Labute approximate surface area is 204 Å². The maximum atomic E-state index is 12.7. The van der Waals surface area contributed by atoms with Crippen LogP contribution in [-0.4, -0.2) is 58.1 Å². The smallest absolute Gasteiger partial charge is 0.290 e. The van der Waals surface area contributed by atoms with E-state index in [2.05, 4.69) is 33.7 Å². The zero-order chi connectivity index (χ0) is 24.6. The van der Waals surface area contributed by atoms with Crippen LogP contribution >= 0.6 is 23.2 Å². The number of fused-ring (bicyclic) bond motifs is 1. The largest absolute Gasteiger partial charge is 0.495 e. The van der Waals surface area contributed by atoms with Gasteiger partial charge in [-0.3, -0.25) is 14.3 Å². The van der Waals surface area contributed by atoms with E-state index in [1.54, 1.807) is 15.6 Å². The lowest BCUT2D eigenvalue weighted by Gasteiger charge is -2.14. The molecule has 1 aliphatic rings. The minimum absolute atomic E-state index is 0.0580. The van der Waals surface area contributed by atoms with Crippen LogP contribution in [0, 0.1) is 11.8 Å². The van der Waals surface area contributed by atoms with Crippen LogP contribution in [0.5, 0.6) is 11.5 Å². The van der Waals surface area contributed by atoms with Crippen molar-refractivity contribution in [3.05, 3.63) is 50.4 Å². The predicted molar refractivity (Wildman–Crippen MR) is 129 cm³/mol. The topological polar surface area (TPSA) is 128 Å². The SMILES string of the molecule is C=CC(=O)N1CCC(n2nc(C#Cc3c(Cl)c(OC)cc(OC)c3Cl)c3c(N)n[nH]c(=O)c32)C1. The molecule has 34 heavy (non-hydrogen) atoms. The molecule has 1 aliphatic heterocycles. The molecule has 3 aromatic rings. The highest BCUT2D eigenvalue weighted by molar-refractivity contribution is 6.38. The molecular formula is C22H20Cl2N6O4. The number of likely N-dealkylation sites (tertiary alicyclic amines) is 1. The monoisotopic (exact) mass is 502 g/mol. The van der Waals surface area contributed by atoms with E-state index < -0.39 is 5.56 Å². The Morgan fingerprint density at radius 1 is 1.29 bits per heavy atom. The number of ether oxygens (including phenoxy) is 2. The molecule has 1 amide bonds. The number of carbonyl (C=O) groups is 1. The standard InChI is InChI=1S/C22H20Cl2N6O4/c1-4-16(31)29-8-7-11(10-29)30-20-17(21(25)26-27-22(20)32)13(28-30)6-5-12-18(23)14(33-2)9-15(34-3)19(12)24/h4,9,11H,1,7-8,10H2,2-3H3,(H2,25,26)(H,27,32). The van der Waals surface area contributed by atoms with E-state index in [-0.39, 0.29) is 44.6 Å². The predicted octanol–water partition coefficient (Wildman–Crippen LogP) is 2.38. The van der Waals surface area contributed by atoms with Crippen LogP contribution in [0.15, 0.2) is 23.5 Å². The van der Waals surface area contributed by atoms with Crippen LogP contribution in [0.1, 0.15) is 23.7 Å². The molecule has 10 nitrogen and oxygen atoms in total. The Balaban J connectivity index is 1.87. The van der Waals surface area contributed by atoms with Crippen molar-refractivity contribution in [1.29, 1.82) is 0 Å². The number of carbonyl (C=O) groups excluding carboxylic acids is 1. The number of aromatic amines is 1. The number of nitrogens with one attached hydrogen (secondary N) is 1. The highest BCUT2D eigenvalue weighted by Gasteiger charge is 2.30. The molecule has 176 valence electrons. The van der Waals surface area contributed by atoms with Crippen molar-refractivity contribution in [3.63, 3.8) is 0 Å². The first-order valence-electron chi connectivity index (χ1n) is 10.1. The molecule has 3 N–H and O–H groups in total. The lowest BCUT2D eigenvalue weighted by atomic mass is 10.1. The second-order valence-electron chi connectivity index (χ2n) is 7.42. The third-order valence-corrected chi connectivity index (χ3v) is 6.29. The number of H-pyrrole nitrogens is 1. The number of nitrogens with two attached hydrogens (primary N) is 1. The van der Waals surface area contributed by atoms with E-state index in [4.69, 9.17) is 38.4 Å². The van der Waals surface area contributed by atoms with Gasteiger partial charge in [0.1, 0.15) is 22.7 Å². The highest BCUT2D eigenvalue weighted by atomic mass is 35.5. The minimum atomic E-state index is -0.475. The van der Waals surface area contributed by atoms with Gasteiger partial charge >= 0.3 is 0 Å². The summed E-state index contributed by atoms with van der Waals surface area (Å²) in [6, 6.07) is 1.30. The van der Waals surface area contributed by atoms with Gasteiger partial charge in [-0.2, -0.15) is 10.2 Å². The molecule has 1 saturated heterocycles. The molecule has 1 aromatic carbocycles. The van der Waals surface area contributed by atoms with Crippen molar-refractivity contribution in [2.24, 2.45) is 0 Å². The Hall–Kier alpha value is -3.68. The number of halogens is 2. The number of nitrogens with zero attached hydrogens (tertiary/aromatic N) is 4. The molecule has 1 atom stereocenters. The molecule has 0 saturated carbocycles. The summed E-state index contributed by atoms with van der Waals surface area (Å²) in [5.74, 6) is 6.35. The zero-order valence-corrected chi connectivity index (χ0v) is 19.8. The van der Waals surface area contributed by atoms with E-state index in [9.17, 15) is 9.59 Å². The summed E-state index contributed by atoms with van der Waals surface area (Å²) in [7, 11) is 2.92. The van der Waals surface area contributed by atoms with Gasteiger partial charge in [0.05, 0.1) is 41.3 Å². The summed E-state index contributed by atoms with van der Waals surface area (Å²) in [4.78, 5) is 26.3. The van der Waals surface area contributed by atoms with Gasteiger partial charge in [0, 0.05) is 19.2 Å². The van der Waals surface area contributed by atoms with Gasteiger partial charge in [-0.05, 0) is 18.4 Å². The van der Waals surface area contributed by atoms with Crippen molar-refractivity contribution in [3.8, 4) is 23.3 Å². The number of nitrogen functional groups attached to an aromatic ring is 1. The van der Waals surface area contributed by atoms with Crippen LogP contribution in [0.3, 0.4) is 0 Å². The van der Waals surface area contributed by atoms with Gasteiger partial charge < -0.3 is 20.1 Å². The van der Waals surface area contributed by atoms with E-state index in [1.165, 1.54) is 20.3 Å². The van der Waals surface area contributed by atoms with Gasteiger partial charge in [0.25, 0.3) is 5.56 Å². The fourth-order valence-corrected chi connectivity index (χ4v) is 4.45. The summed E-state index contributed by atoms with van der Waals surface area (Å²) in [6.45, 7) is 4.39. The normalized spacial score (nSPS) is 15.2. The van der Waals surface area contributed by atoms with Crippen molar-refractivity contribution in [2.75, 3.05) is 33.0 Å². The number of methoxy groups -OCH3 is 2. The summed E-state index contributed by atoms with van der Waals surface area (Å²) in [6.07, 6.45) is 1.85. The molecule has 0 radical (unpaired) electrons. The number of amides is 1. The Morgan fingerprint density at radius 2 is 1.97 bits per heavy atom. The average Bonchev–Trinajstić information content (AvgIpc) is 3.47. The molecule has 4 rings (SSSR count). The fourth-order valence-electron chi connectivity index (χ4n) is 3.85. The Kier molecular flexibility index (Phi) is 6.41. The van der Waals surface area contributed by atoms with Crippen LogP contribution in [0.4, 0.5) is 5.82 Å².